The second-order valence-electron chi connectivity index (χ2n) is 11.6. The minimum atomic E-state index is -4.54. The molecular weight excluding hydrogens is 599 g/mol. The SMILES string of the molecule is CCC1CC(N(Cc2cc(Cl)cc(C(F)(F)F)c2)c2ncc(OCCN3CCOCC3)cn2)C[C@@H](CC)N1C(=O)OC(C)C. The van der Waals surface area contributed by atoms with Gasteiger partial charge in [0, 0.05) is 49.3 Å². The monoisotopic (exact) mass is 641 g/mol. The average Bonchev–Trinajstić information content (AvgIpc) is 2.99. The molecule has 2 saturated heterocycles. The maximum Gasteiger partial charge on any atom is 0.416 e. The smallest absolute Gasteiger partial charge is 0.416 e. The van der Waals surface area contributed by atoms with Crippen LogP contribution in [0.1, 0.15) is 64.5 Å². The lowest BCUT2D eigenvalue weighted by atomic mass is 9.87. The average molecular weight is 642 g/mol. The summed E-state index contributed by atoms with van der Waals surface area (Å²) in [4.78, 5) is 28.3. The minimum absolute atomic E-state index is 0.00355. The van der Waals surface area contributed by atoms with Crippen LogP contribution in [-0.4, -0.2) is 89.5 Å². The molecule has 0 bridgehead atoms. The largest absolute Gasteiger partial charge is 0.489 e. The van der Waals surface area contributed by atoms with E-state index in [1.54, 1.807) is 12.4 Å². The van der Waals surface area contributed by atoms with E-state index < -0.39 is 11.7 Å². The van der Waals surface area contributed by atoms with Crippen LogP contribution in [0.3, 0.4) is 0 Å². The zero-order valence-corrected chi connectivity index (χ0v) is 26.6. The van der Waals surface area contributed by atoms with Crippen molar-refractivity contribution >= 4 is 23.6 Å². The van der Waals surface area contributed by atoms with Crippen LogP contribution in [0.4, 0.5) is 23.9 Å². The molecule has 4 rings (SSSR count). The second kappa shape index (κ2) is 15.4. The molecule has 0 saturated carbocycles. The molecule has 9 nitrogen and oxygen atoms in total. The van der Waals surface area contributed by atoms with E-state index in [0.29, 0.717) is 62.8 Å². The van der Waals surface area contributed by atoms with Crippen molar-refractivity contribution in [3.63, 3.8) is 0 Å². The Bertz CT molecular complexity index is 1200. The molecule has 1 aromatic carbocycles. The van der Waals surface area contributed by atoms with Crippen LogP contribution in [-0.2, 0) is 22.2 Å². The Morgan fingerprint density at radius 1 is 1.09 bits per heavy atom. The molecule has 2 aromatic rings. The van der Waals surface area contributed by atoms with E-state index in [2.05, 4.69) is 14.9 Å². The number of rotatable bonds is 11. The second-order valence-corrected chi connectivity index (χ2v) is 12.0. The molecule has 2 fully saturated rings. The molecule has 13 heteroatoms. The maximum atomic E-state index is 13.7. The van der Waals surface area contributed by atoms with E-state index in [0.717, 1.165) is 31.8 Å². The lowest BCUT2D eigenvalue weighted by Crippen LogP contribution is -2.57. The quantitative estimate of drug-likeness (QED) is 0.278. The molecule has 2 aliphatic heterocycles. The van der Waals surface area contributed by atoms with Gasteiger partial charge in [-0.2, -0.15) is 13.2 Å². The number of anilines is 1. The van der Waals surface area contributed by atoms with Gasteiger partial charge in [0.25, 0.3) is 0 Å². The number of nitrogens with zero attached hydrogens (tertiary/aromatic N) is 5. The van der Waals surface area contributed by atoms with E-state index in [1.165, 1.54) is 6.07 Å². The number of morpholine rings is 1. The summed E-state index contributed by atoms with van der Waals surface area (Å²) in [6.07, 6.45) is 0.602. The van der Waals surface area contributed by atoms with Crippen LogP contribution < -0.4 is 9.64 Å². The highest BCUT2D eigenvalue weighted by Gasteiger charge is 2.41. The van der Waals surface area contributed by atoms with Gasteiger partial charge in [0.05, 0.1) is 37.3 Å². The summed E-state index contributed by atoms with van der Waals surface area (Å²) in [6, 6.07) is 3.17. The number of hydrogen-bond donors (Lipinski definition) is 0. The van der Waals surface area contributed by atoms with Gasteiger partial charge < -0.3 is 24.0 Å². The fourth-order valence-corrected chi connectivity index (χ4v) is 6.16. The van der Waals surface area contributed by atoms with Crippen molar-refractivity contribution in [2.24, 2.45) is 0 Å². The van der Waals surface area contributed by atoms with Gasteiger partial charge >= 0.3 is 12.3 Å². The van der Waals surface area contributed by atoms with Crippen molar-refractivity contribution in [3.05, 3.63) is 46.7 Å². The predicted molar refractivity (Wildman–Crippen MR) is 162 cm³/mol. The molecule has 1 aromatic heterocycles. The number of carbonyl (C=O) groups excluding carboxylic acids is 1. The van der Waals surface area contributed by atoms with E-state index in [4.69, 9.17) is 25.8 Å². The first-order chi connectivity index (χ1) is 21.0. The fraction of sp³-hybridized carbons (Fsp3) is 0.645. The molecule has 244 valence electrons. The summed E-state index contributed by atoms with van der Waals surface area (Å²) < 4.78 is 57.8. The van der Waals surface area contributed by atoms with Crippen molar-refractivity contribution in [2.45, 2.75) is 90.3 Å². The van der Waals surface area contributed by atoms with Gasteiger partial charge in [-0.25, -0.2) is 14.8 Å². The van der Waals surface area contributed by atoms with Gasteiger partial charge in [0.2, 0.25) is 5.95 Å². The summed E-state index contributed by atoms with van der Waals surface area (Å²) in [5, 5.41) is 0.00355. The number of carbonyl (C=O) groups is 1. The van der Waals surface area contributed by atoms with Crippen molar-refractivity contribution in [2.75, 3.05) is 44.4 Å². The normalized spacial score (nSPS) is 21.4. The van der Waals surface area contributed by atoms with Gasteiger partial charge in [0.1, 0.15) is 6.61 Å². The Hall–Kier alpha value is -2.83. The van der Waals surface area contributed by atoms with Crippen LogP contribution in [0.15, 0.2) is 30.6 Å². The number of piperidine rings is 1. The third-order valence-electron chi connectivity index (χ3n) is 8.09. The Labute approximate surface area is 262 Å². The Balaban J connectivity index is 1.59. The molecule has 0 N–H and O–H groups in total. The Morgan fingerprint density at radius 2 is 1.73 bits per heavy atom. The first kappa shape index (κ1) is 34.1. The maximum absolute atomic E-state index is 13.7. The van der Waals surface area contributed by atoms with Gasteiger partial charge in [-0.05, 0) is 63.3 Å². The Kier molecular flexibility index (Phi) is 12.0. The number of ether oxygens (including phenoxy) is 3. The van der Waals surface area contributed by atoms with E-state index in [1.807, 2.05) is 37.5 Å². The van der Waals surface area contributed by atoms with Crippen molar-refractivity contribution in [1.29, 1.82) is 0 Å². The molecule has 1 amide bonds. The van der Waals surface area contributed by atoms with Crippen LogP contribution in [0.25, 0.3) is 0 Å². The van der Waals surface area contributed by atoms with Gasteiger partial charge in [0.15, 0.2) is 5.75 Å². The number of amides is 1. The third kappa shape index (κ3) is 9.10. The lowest BCUT2D eigenvalue weighted by Gasteiger charge is -2.47. The van der Waals surface area contributed by atoms with Crippen molar-refractivity contribution in [1.82, 2.24) is 19.8 Å². The van der Waals surface area contributed by atoms with E-state index >= 15 is 0 Å². The first-order valence-corrected chi connectivity index (χ1v) is 15.7. The number of benzene rings is 1. The highest BCUT2D eigenvalue weighted by molar-refractivity contribution is 6.30. The molecule has 0 spiro atoms. The molecule has 2 aliphatic rings. The highest BCUT2D eigenvalue weighted by Crippen LogP contribution is 2.36. The molecular formula is C31H43ClF3N5O4. The summed E-state index contributed by atoms with van der Waals surface area (Å²) >= 11 is 6.15. The highest BCUT2D eigenvalue weighted by atomic mass is 35.5. The zero-order valence-electron chi connectivity index (χ0n) is 25.9. The summed E-state index contributed by atoms with van der Waals surface area (Å²) in [6.45, 7) is 12.1. The van der Waals surface area contributed by atoms with Crippen LogP contribution in [0, 0.1) is 0 Å². The topological polar surface area (TPSA) is 80.3 Å². The predicted octanol–water partition coefficient (Wildman–Crippen LogP) is 6.43. The van der Waals surface area contributed by atoms with Crippen LogP contribution in [0.5, 0.6) is 5.75 Å². The fourth-order valence-electron chi connectivity index (χ4n) is 5.91. The van der Waals surface area contributed by atoms with E-state index in [9.17, 15) is 18.0 Å². The standard InChI is InChI=1S/C31H43ClF3N5O4/c1-5-25-16-27(17-26(6-2)40(25)30(41)44-21(3)4)39(20-22-13-23(31(33,34)35)15-24(32)14-22)29-36-18-28(19-37-29)43-12-9-38-7-10-42-11-8-38/h13-15,18-19,21,25-27H,5-12,16-17,20H2,1-4H3/t25-,26?,27?/m1/s1. The number of aromatic nitrogens is 2. The zero-order chi connectivity index (χ0) is 31.9. The Morgan fingerprint density at radius 3 is 2.30 bits per heavy atom. The molecule has 0 aliphatic carbocycles. The third-order valence-corrected chi connectivity index (χ3v) is 8.31. The van der Waals surface area contributed by atoms with Crippen molar-refractivity contribution < 1.29 is 32.2 Å². The van der Waals surface area contributed by atoms with Crippen LogP contribution in [0.2, 0.25) is 5.02 Å². The lowest BCUT2D eigenvalue weighted by molar-refractivity contribution is -0.137. The van der Waals surface area contributed by atoms with Gasteiger partial charge in [-0.3, -0.25) is 4.90 Å². The van der Waals surface area contributed by atoms with E-state index in [-0.39, 0.29) is 41.9 Å². The summed E-state index contributed by atoms with van der Waals surface area (Å²) in [5.74, 6) is 0.875. The number of halogens is 4. The van der Waals surface area contributed by atoms with Gasteiger partial charge in [-0.1, -0.05) is 25.4 Å². The summed E-state index contributed by atoms with van der Waals surface area (Å²) in [7, 11) is 0. The molecule has 2 unspecified atom stereocenters. The van der Waals surface area contributed by atoms with Crippen molar-refractivity contribution in [3.8, 4) is 5.75 Å². The molecule has 0 radical (unpaired) electrons. The number of hydrogen-bond acceptors (Lipinski definition) is 8. The van der Waals surface area contributed by atoms with Gasteiger partial charge in [-0.15, -0.1) is 0 Å². The van der Waals surface area contributed by atoms with Crippen LogP contribution >= 0.6 is 11.6 Å². The number of likely N-dealkylation sites (tertiary alicyclic amines) is 1. The first-order valence-electron chi connectivity index (χ1n) is 15.4. The summed E-state index contributed by atoms with van der Waals surface area (Å²) in [5.41, 5.74) is -0.420. The molecule has 3 atom stereocenters. The molecule has 44 heavy (non-hydrogen) atoms. The minimum Gasteiger partial charge on any atom is -0.489 e. The number of alkyl halides is 3. The molecule has 3 heterocycles.